The lowest BCUT2D eigenvalue weighted by atomic mass is 9.72. The summed E-state index contributed by atoms with van der Waals surface area (Å²) in [5.74, 6) is -0.220. The molecule has 46 heavy (non-hydrogen) atoms. The molecule has 4 atom stereocenters. The molecule has 5 nitrogen and oxygen atoms in total. The summed E-state index contributed by atoms with van der Waals surface area (Å²) < 4.78 is 32.6. The van der Waals surface area contributed by atoms with Gasteiger partial charge >= 0.3 is 0 Å². The largest absolute Gasteiger partial charge is 0.341 e. The Labute approximate surface area is 274 Å². The van der Waals surface area contributed by atoms with Crippen LogP contribution in [-0.4, -0.2) is 35.3 Å². The molecular formula is C40H44NO4P. The minimum atomic E-state index is -1.61. The van der Waals surface area contributed by atoms with Crippen molar-refractivity contribution in [2.24, 2.45) is 5.92 Å². The van der Waals surface area contributed by atoms with Gasteiger partial charge in [-0.2, -0.15) is 0 Å². The van der Waals surface area contributed by atoms with Crippen LogP contribution in [0.1, 0.15) is 74.6 Å². The number of ether oxygens (including phenoxy) is 2. The van der Waals surface area contributed by atoms with Crippen LogP contribution in [0.5, 0.6) is 0 Å². The quantitative estimate of drug-likeness (QED) is 0.205. The molecule has 8 rings (SSSR count). The Balaban J connectivity index is 1.43. The summed E-state index contributed by atoms with van der Waals surface area (Å²) >= 11 is 0. The van der Waals surface area contributed by atoms with Crippen molar-refractivity contribution in [1.82, 2.24) is 4.67 Å². The SMILES string of the molecule is CC1(C)O[C@@H]2[C@@H](O1)C(c1ccccc1)(c1ccccc1)OP(N1CCCC3CCCCC31)OC2(c1ccccc1)c1ccccc1. The predicted octanol–water partition coefficient (Wildman–Crippen LogP) is 9.32. The molecule has 3 saturated heterocycles. The third-order valence-corrected chi connectivity index (χ3v) is 12.4. The Kier molecular flexibility index (Phi) is 8.13. The molecule has 0 amide bonds. The van der Waals surface area contributed by atoms with Crippen LogP contribution in [0.4, 0.5) is 0 Å². The fraction of sp³-hybridized carbons (Fsp3) is 0.400. The Bertz CT molecular complexity index is 1420. The number of piperidine rings is 1. The molecule has 2 unspecified atom stereocenters. The number of fused-ring (bicyclic) bond motifs is 2. The molecule has 4 aliphatic rings. The number of nitrogens with zero attached hydrogens (tertiary/aromatic N) is 1. The summed E-state index contributed by atoms with van der Waals surface area (Å²) in [7, 11) is -1.61. The maximum Gasteiger partial charge on any atom is 0.261 e. The van der Waals surface area contributed by atoms with Crippen molar-refractivity contribution in [2.45, 2.75) is 87.6 Å². The summed E-state index contributed by atoms with van der Waals surface area (Å²) in [6.07, 6.45) is 6.37. The summed E-state index contributed by atoms with van der Waals surface area (Å²) in [6, 6.07) is 43.0. The van der Waals surface area contributed by atoms with Crippen molar-refractivity contribution in [2.75, 3.05) is 6.54 Å². The second-order valence-corrected chi connectivity index (χ2v) is 15.1. The van der Waals surface area contributed by atoms with Crippen LogP contribution in [-0.2, 0) is 29.7 Å². The smallest absolute Gasteiger partial charge is 0.261 e. The molecule has 1 saturated carbocycles. The van der Waals surface area contributed by atoms with Crippen LogP contribution in [0.25, 0.3) is 0 Å². The Morgan fingerprint density at radius 2 is 0.935 bits per heavy atom. The molecular weight excluding hydrogens is 589 g/mol. The van der Waals surface area contributed by atoms with Crippen molar-refractivity contribution in [3.63, 3.8) is 0 Å². The van der Waals surface area contributed by atoms with E-state index in [9.17, 15) is 0 Å². The van der Waals surface area contributed by atoms with E-state index in [-0.39, 0.29) is 0 Å². The molecule has 4 fully saturated rings. The zero-order valence-corrected chi connectivity index (χ0v) is 27.7. The molecule has 0 bridgehead atoms. The molecule has 0 spiro atoms. The Morgan fingerprint density at radius 3 is 1.37 bits per heavy atom. The molecule has 3 heterocycles. The van der Waals surface area contributed by atoms with Crippen molar-refractivity contribution in [1.29, 1.82) is 0 Å². The summed E-state index contributed by atoms with van der Waals surface area (Å²) in [6.45, 7) is 4.99. The van der Waals surface area contributed by atoms with Crippen molar-refractivity contribution in [3.05, 3.63) is 144 Å². The first kappa shape index (κ1) is 30.4. The Hall–Kier alpha value is -2.89. The maximum absolute atomic E-state index is 7.83. The second kappa shape index (κ2) is 12.3. The van der Waals surface area contributed by atoms with Crippen LogP contribution < -0.4 is 0 Å². The first-order valence-corrected chi connectivity index (χ1v) is 18.2. The summed E-state index contributed by atoms with van der Waals surface area (Å²) in [5, 5.41) is 0. The van der Waals surface area contributed by atoms with E-state index < -0.39 is 37.7 Å². The van der Waals surface area contributed by atoms with Gasteiger partial charge in [0.25, 0.3) is 8.53 Å². The van der Waals surface area contributed by atoms with Gasteiger partial charge in [0.1, 0.15) is 12.2 Å². The van der Waals surface area contributed by atoms with E-state index >= 15 is 0 Å². The first-order chi connectivity index (χ1) is 22.5. The molecule has 4 aromatic carbocycles. The molecule has 0 radical (unpaired) electrons. The average Bonchev–Trinajstić information content (AvgIpc) is 3.39. The zero-order chi connectivity index (χ0) is 31.2. The van der Waals surface area contributed by atoms with E-state index in [1.807, 2.05) is 13.8 Å². The van der Waals surface area contributed by atoms with Crippen LogP contribution in [0.15, 0.2) is 121 Å². The van der Waals surface area contributed by atoms with Gasteiger partial charge in [0.05, 0.1) is 0 Å². The van der Waals surface area contributed by atoms with E-state index in [4.69, 9.17) is 18.5 Å². The third-order valence-electron chi connectivity index (χ3n) is 10.6. The maximum atomic E-state index is 7.83. The van der Waals surface area contributed by atoms with Gasteiger partial charge in [0, 0.05) is 12.6 Å². The highest BCUT2D eigenvalue weighted by molar-refractivity contribution is 7.44. The van der Waals surface area contributed by atoms with E-state index in [2.05, 4.69) is 126 Å². The van der Waals surface area contributed by atoms with Crippen molar-refractivity contribution >= 4 is 8.53 Å². The standard InChI is InChI=1S/C40H44NO4P/c1-38(2)42-36-37(43-38)40(33-24-11-5-12-25-33,34-26-13-6-14-27-34)45-46(41-29-17-19-30-18-15-16-28-35(30)41)44-39(36,31-20-7-3-8-21-31)32-22-9-4-10-23-32/h3-14,20-27,30,35-37H,15-19,28-29H2,1-2H3/t30?,35?,36-,37-/m1/s1. The lowest BCUT2D eigenvalue weighted by molar-refractivity contribution is -0.175. The van der Waals surface area contributed by atoms with Crippen LogP contribution in [0.3, 0.4) is 0 Å². The van der Waals surface area contributed by atoms with E-state index in [1.165, 1.54) is 32.1 Å². The van der Waals surface area contributed by atoms with Gasteiger partial charge in [0.2, 0.25) is 0 Å². The van der Waals surface area contributed by atoms with Crippen LogP contribution in [0, 0.1) is 5.92 Å². The number of benzene rings is 4. The minimum Gasteiger partial charge on any atom is -0.341 e. The van der Waals surface area contributed by atoms with Gasteiger partial charge in [-0.1, -0.05) is 134 Å². The first-order valence-electron chi connectivity index (χ1n) is 17.0. The second-order valence-electron chi connectivity index (χ2n) is 13.7. The molecule has 0 N–H and O–H groups in total. The molecule has 4 aromatic rings. The van der Waals surface area contributed by atoms with Crippen molar-refractivity contribution in [3.8, 4) is 0 Å². The molecule has 1 aliphatic carbocycles. The van der Waals surface area contributed by atoms with Crippen LogP contribution in [0.2, 0.25) is 0 Å². The number of rotatable bonds is 5. The zero-order valence-electron chi connectivity index (χ0n) is 26.8. The normalized spacial score (nSPS) is 28.9. The van der Waals surface area contributed by atoms with E-state index in [1.54, 1.807) is 0 Å². The molecule has 238 valence electrons. The fourth-order valence-electron chi connectivity index (χ4n) is 8.57. The number of hydrogen-bond donors (Lipinski definition) is 0. The topological polar surface area (TPSA) is 40.2 Å². The van der Waals surface area contributed by atoms with Gasteiger partial charge in [-0.3, -0.25) is 0 Å². The van der Waals surface area contributed by atoms with Gasteiger partial charge in [0.15, 0.2) is 17.0 Å². The highest BCUT2D eigenvalue weighted by Gasteiger charge is 2.67. The van der Waals surface area contributed by atoms with Crippen LogP contribution >= 0.6 is 8.53 Å². The van der Waals surface area contributed by atoms with Gasteiger partial charge < -0.3 is 18.5 Å². The summed E-state index contributed by atoms with van der Waals surface area (Å²) in [5.41, 5.74) is 2.18. The highest BCUT2D eigenvalue weighted by atomic mass is 31.2. The third kappa shape index (κ3) is 5.08. The van der Waals surface area contributed by atoms with E-state index in [0.29, 0.717) is 12.0 Å². The summed E-state index contributed by atoms with van der Waals surface area (Å²) in [4.78, 5) is 0. The van der Waals surface area contributed by atoms with E-state index in [0.717, 1.165) is 35.2 Å². The number of hydrogen-bond acceptors (Lipinski definition) is 5. The predicted molar refractivity (Wildman–Crippen MR) is 182 cm³/mol. The fourth-order valence-corrected chi connectivity index (χ4v) is 10.8. The average molecular weight is 634 g/mol. The minimum absolute atomic E-state index is 0.429. The highest BCUT2D eigenvalue weighted by Crippen LogP contribution is 2.67. The van der Waals surface area contributed by atoms with Gasteiger partial charge in [-0.25, -0.2) is 4.67 Å². The van der Waals surface area contributed by atoms with Gasteiger partial charge in [-0.15, -0.1) is 0 Å². The van der Waals surface area contributed by atoms with Crippen molar-refractivity contribution < 1.29 is 18.5 Å². The monoisotopic (exact) mass is 633 g/mol. The molecule has 0 aromatic heterocycles. The molecule has 3 aliphatic heterocycles. The Morgan fingerprint density at radius 1 is 0.543 bits per heavy atom. The molecule has 6 heteroatoms. The lowest BCUT2D eigenvalue weighted by Gasteiger charge is -2.49. The van der Waals surface area contributed by atoms with Gasteiger partial charge in [-0.05, 0) is 67.7 Å². The lowest BCUT2D eigenvalue weighted by Crippen LogP contribution is -2.53.